The molecule has 2 unspecified atom stereocenters. The van der Waals surface area contributed by atoms with E-state index in [-0.39, 0.29) is 22.1 Å². The zero-order chi connectivity index (χ0) is 21.9. The summed E-state index contributed by atoms with van der Waals surface area (Å²) in [6.45, 7) is 4.44. The first-order chi connectivity index (χ1) is 14.2. The Morgan fingerprint density at radius 3 is 2.60 bits per heavy atom. The number of rotatable bonds is 8. The number of hydrogen-bond donors (Lipinski definition) is 3. The number of phenols is 2. The summed E-state index contributed by atoms with van der Waals surface area (Å²) in [4.78, 5) is 11.9. The molecule has 1 saturated heterocycles. The molecule has 1 heterocycles. The van der Waals surface area contributed by atoms with E-state index in [1.807, 2.05) is 19.9 Å². The van der Waals surface area contributed by atoms with Crippen molar-refractivity contribution in [2.75, 3.05) is 6.61 Å². The number of ether oxygens (including phenoxy) is 1. The van der Waals surface area contributed by atoms with Crippen molar-refractivity contribution in [1.29, 1.82) is 0 Å². The van der Waals surface area contributed by atoms with E-state index in [1.165, 1.54) is 6.07 Å². The van der Waals surface area contributed by atoms with Gasteiger partial charge in [-0.2, -0.15) is 0 Å². The number of nitrogens with one attached hydrogen (secondary N) is 1. The summed E-state index contributed by atoms with van der Waals surface area (Å²) in [6.07, 6.45) is 7.09. The summed E-state index contributed by atoms with van der Waals surface area (Å²) < 4.78 is 33.4. The molecule has 2 aliphatic rings. The second-order valence-corrected chi connectivity index (χ2v) is 9.85. The smallest absolute Gasteiger partial charge is 0.268 e. The van der Waals surface area contributed by atoms with Crippen LogP contribution in [0.3, 0.4) is 0 Å². The summed E-state index contributed by atoms with van der Waals surface area (Å²) >= 11 is 0. The van der Waals surface area contributed by atoms with E-state index >= 15 is 0 Å². The lowest BCUT2D eigenvalue weighted by molar-refractivity contribution is -0.142. The second-order valence-electron chi connectivity index (χ2n) is 8.23. The number of sulfonamides is 1. The van der Waals surface area contributed by atoms with Crippen LogP contribution in [0.4, 0.5) is 0 Å². The molecule has 3 N–H and O–H groups in total. The summed E-state index contributed by atoms with van der Waals surface area (Å²) in [5.41, 5.74) is 1.66. The van der Waals surface area contributed by atoms with Gasteiger partial charge >= 0.3 is 0 Å². The summed E-state index contributed by atoms with van der Waals surface area (Å²) in [6, 6.07) is 1.43. The Bertz CT molecular complexity index is 933. The predicted molar refractivity (Wildman–Crippen MR) is 113 cm³/mol. The Hall–Kier alpha value is -2.06. The van der Waals surface area contributed by atoms with Gasteiger partial charge in [0.25, 0.3) is 15.9 Å². The van der Waals surface area contributed by atoms with Crippen LogP contribution in [0.2, 0.25) is 0 Å². The number of allylic oxidation sites excluding steroid dienone is 2. The Morgan fingerprint density at radius 1 is 1.27 bits per heavy atom. The van der Waals surface area contributed by atoms with E-state index in [4.69, 9.17) is 4.74 Å². The summed E-state index contributed by atoms with van der Waals surface area (Å²) in [5, 5.41) is 21.7. The monoisotopic (exact) mass is 437 g/mol. The Labute approximate surface area is 178 Å². The van der Waals surface area contributed by atoms with Crippen molar-refractivity contribution in [3.05, 3.63) is 28.8 Å². The van der Waals surface area contributed by atoms with Crippen LogP contribution in [0.5, 0.6) is 11.5 Å². The molecule has 0 spiro atoms. The van der Waals surface area contributed by atoms with Crippen molar-refractivity contribution in [3.8, 4) is 11.5 Å². The van der Waals surface area contributed by atoms with Gasteiger partial charge in [0.05, 0.1) is 6.61 Å². The van der Waals surface area contributed by atoms with E-state index in [2.05, 4.69) is 4.72 Å². The third kappa shape index (κ3) is 4.81. The van der Waals surface area contributed by atoms with Gasteiger partial charge in [0, 0.05) is 17.9 Å². The number of carbonyl (C=O) groups is 1. The lowest BCUT2D eigenvalue weighted by Crippen LogP contribution is -2.45. The van der Waals surface area contributed by atoms with Gasteiger partial charge in [0.1, 0.15) is 22.5 Å². The number of benzene rings is 1. The molecule has 0 aromatic heterocycles. The van der Waals surface area contributed by atoms with Gasteiger partial charge < -0.3 is 14.9 Å². The first kappa shape index (κ1) is 22.6. The fraction of sp³-hybridized carbons (Fsp3) is 0.591. The lowest BCUT2D eigenvalue weighted by Gasteiger charge is -2.26. The van der Waals surface area contributed by atoms with Crippen LogP contribution >= 0.6 is 0 Å². The molecular weight excluding hydrogens is 406 g/mol. The molecule has 0 saturated carbocycles. The maximum atomic E-state index is 13.1. The van der Waals surface area contributed by atoms with Gasteiger partial charge in [-0.25, -0.2) is 13.1 Å². The molecule has 1 aromatic carbocycles. The fourth-order valence-corrected chi connectivity index (χ4v) is 5.52. The minimum absolute atomic E-state index is 0.109. The zero-order valence-electron chi connectivity index (χ0n) is 17.6. The summed E-state index contributed by atoms with van der Waals surface area (Å²) in [5.74, 6) is -1.58. The molecule has 2 atom stereocenters. The molecular formula is C22H31NO6S. The first-order valence-electron chi connectivity index (χ1n) is 10.7. The molecule has 1 aliphatic heterocycles. The third-order valence-electron chi connectivity index (χ3n) is 5.84. The maximum absolute atomic E-state index is 13.1. The highest BCUT2D eigenvalue weighted by Gasteiger charge is 2.35. The number of phenolic OH excluding ortho intramolecular Hbond substituents is 2. The topological polar surface area (TPSA) is 113 Å². The van der Waals surface area contributed by atoms with Crippen LogP contribution < -0.4 is 4.72 Å². The van der Waals surface area contributed by atoms with Gasteiger partial charge in [0.2, 0.25) is 0 Å². The fourth-order valence-electron chi connectivity index (χ4n) is 4.15. The van der Waals surface area contributed by atoms with Crippen molar-refractivity contribution in [1.82, 2.24) is 4.72 Å². The molecule has 1 fully saturated rings. The van der Waals surface area contributed by atoms with Crippen molar-refractivity contribution in [2.45, 2.75) is 82.1 Å². The van der Waals surface area contributed by atoms with Crippen LogP contribution in [-0.2, 0) is 26.0 Å². The molecule has 8 heteroatoms. The van der Waals surface area contributed by atoms with Gasteiger partial charge in [-0.05, 0) is 50.7 Å². The second kappa shape index (κ2) is 9.39. The molecule has 30 heavy (non-hydrogen) atoms. The Morgan fingerprint density at radius 2 is 2.00 bits per heavy atom. The molecule has 3 rings (SSSR count). The van der Waals surface area contributed by atoms with Crippen molar-refractivity contribution in [2.24, 2.45) is 0 Å². The number of unbranched alkanes of at least 4 members (excludes halogenated alkanes) is 2. The van der Waals surface area contributed by atoms with Crippen molar-refractivity contribution in [3.63, 3.8) is 0 Å². The highest BCUT2D eigenvalue weighted by atomic mass is 32.2. The van der Waals surface area contributed by atoms with E-state index in [1.54, 1.807) is 0 Å². The predicted octanol–water partition coefficient (Wildman–Crippen LogP) is 3.64. The molecule has 0 bridgehead atoms. The minimum Gasteiger partial charge on any atom is -0.507 e. The van der Waals surface area contributed by atoms with Gasteiger partial charge in [-0.1, -0.05) is 31.4 Å². The number of hydrogen-bond acceptors (Lipinski definition) is 6. The minimum atomic E-state index is -4.33. The molecule has 1 amide bonds. The largest absolute Gasteiger partial charge is 0.507 e. The normalized spacial score (nSPS) is 21.6. The van der Waals surface area contributed by atoms with Crippen LogP contribution in [-0.4, -0.2) is 37.2 Å². The van der Waals surface area contributed by atoms with Crippen molar-refractivity contribution >= 4 is 15.9 Å². The average Bonchev–Trinajstić information content (AvgIpc) is 2.59. The SMILES string of the molecule is CCCCCc1cc(O)c(C2C=C(C)CCC2)c(O)c1S(=O)(=O)NC(=O)C1CCO1. The molecule has 166 valence electrons. The first-order valence-corrected chi connectivity index (χ1v) is 12.2. The Balaban J connectivity index is 2.05. The highest BCUT2D eigenvalue weighted by molar-refractivity contribution is 7.90. The highest BCUT2D eigenvalue weighted by Crippen LogP contribution is 2.45. The Kier molecular flexibility index (Phi) is 7.08. The standard InChI is InChI=1S/C22H31NO6S/c1-3-4-5-8-16-13-17(24)19(15-9-6-7-14(2)12-15)20(25)21(16)30(27,28)23-22(26)18-10-11-29-18/h12-13,15,18,24-25H,3-11H2,1-2H3,(H,23,26). The number of aromatic hydroxyl groups is 2. The number of aryl methyl sites for hydroxylation is 1. The van der Waals surface area contributed by atoms with Crippen LogP contribution in [0.25, 0.3) is 0 Å². The van der Waals surface area contributed by atoms with Crippen LogP contribution in [0.1, 0.15) is 75.8 Å². The van der Waals surface area contributed by atoms with Gasteiger partial charge in [0.15, 0.2) is 0 Å². The van der Waals surface area contributed by atoms with E-state index in [0.29, 0.717) is 37.9 Å². The quantitative estimate of drug-likeness (QED) is 0.423. The summed E-state index contributed by atoms with van der Waals surface area (Å²) in [7, 11) is -4.33. The molecule has 0 radical (unpaired) electrons. The molecule has 7 nitrogen and oxygen atoms in total. The number of carbonyl (C=O) groups excluding carboxylic acids is 1. The van der Waals surface area contributed by atoms with Crippen LogP contribution in [0.15, 0.2) is 22.6 Å². The van der Waals surface area contributed by atoms with E-state index < -0.39 is 27.8 Å². The van der Waals surface area contributed by atoms with Crippen LogP contribution in [0, 0.1) is 0 Å². The number of amides is 1. The van der Waals surface area contributed by atoms with Gasteiger partial charge in [-0.15, -0.1) is 0 Å². The lowest BCUT2D eigenvalue weighted by atomic mass is 9.84. The van der Waals surface area contributed by atoms with Crippen molar-refractivity contribution < 1.29 is 28.2 Å². The maximum Gasteiger partial charge on any atom is 0.268 e. The average molecular weight is 438 g/mol. The van der Waals surface area contributed by atoms with Gasteiger partial charge in [-0.3, -0.25) is 4.79 Å². The zero-order valence-corrected chi connectivity index (χ0v) is 18.4. The third-order valence-corrected chi connectivity index (χ3v) is 7.30. The van der Waals surface area contributed by atoms with E-state index in [9.17, 15) is 23.4 Å². The molecule has 1 aromatic rings. The van der Waals surface area contributed by atoms with E-state index in [0.717, 1.165) is 31.3 Å². The molecule has 1 aliphatic carbocycles.